The molecule has 0 fully saturated rings. The van der Waals surface area contributed by atoms with Crippen molar-refractivity contribution < 1.29 is 4.74 Å². The molecule has 0 aliphatic carbocycles. The first-order valence-electron chi connectivity index (χ1n) is 6.85. The molecule has 0 amide bonds. The SMILES string of the molecule is COc1ccc2cc(NCC(C#N)C(C)C)ccc2c1. The van der Waals surface area contributed by atoms with Gasteiger partial charge < -0.3 is 10.1 Å². The van der Waals surface area contributed by atoms with Crippen molar-refractivity contribution in [3.8, 4) is 11.8 Å². The van der Waals surface area contributed by atoms with E-state index >= 15 is 0 Å². The number of benzene rings is 2. The van der Waals surface area contributed by atoms with Crippen LogP contribution in [-0.4, -0.2) is 13.7 Å². The number of nitrogens with zero attached hydrogens (tertiary/aromatic N) is 1. The zero-order chi connectivity index (χ0) is 14.5. The van der Waals surface area contributed by atoms with Crippen LogP contribution in [0.2, 0.25) is 0 Å². The lowest BCUT2D eigenvalue weighted by molar-refractivity contribution is 0.415. The standard InChI is InChI=1S/C17H20N2O/c1-12(2)15(10-18)11-19-16-6-4-14-9-17(20-3)7-5-13(14)8-16/h4-9,12,15,19H,11H2,1-3H3. The quantitative estimate of drug-likeness (QED) is 0.889. The van der Waals surface area contributed by atoms with Gasteiger partial charge in [-0.1, -0.05) is 26.0 Å². The number of ether oxygens (including phenoxy) is 1. The monoisotopic (exact) mass is 268 g/mol. The van der Waals surface area contributed by atoms with Gasteiger partial charge in [-0.25, -0.2) is 0 Å². The highest BCUT2D eigenvalue weighted by atomic mass is 16.5. The molecule has 0 saturated heterocycles. The van der Waals surface area contributed by atoms with Crippen LogP contribution in [0.25, 0.3) is 10.8 Å². The van der Waals surface area contributed by atoms with E-state index in [9.17, 15) is 0 Å². The van der Waals surface area contributed by atoms with Crippen molar-refractivity contribution in [3.05, 3.63) is 36.4 Å². The van der Waals surface area contributed by atoms with Gasteiger partial charge in [0.05, 0.1) is 19.1 Å². The summed E-state index contributed by atoms with van der Waals surface area (Å²) in [5.74, 6) is 1.25. The number of nitrogens with one attached hydrogen (secondary N) is 1. The van der Waals surface area contributed by atoms with Gasteiger partial charge in [-0.3, -0.25) is 0 Å². The number of methoxy groups -OCH3 is 1. The molecule has 0 heterocycles. The molecule has 0 saturated carbocycles. The summed E-state index contributed by atoms with van der Waals surface area (Å²) in [7, 11) is 1.67. The van der Waals surface area contributed by atoms with Crippen LogP contribution in [0.5, 0.6) is 5.75 Å². The van der Waals surface area contributed by atoms with Gasteiger partial charge in [0.25, 0.3) is 0 Å². The van der Waals surface area contributed by atoms with Gasteiger partial charge in [0.2, 0.25) is 0 Å². The summed E-state index contributed by atoms with van der Waals surface area (Å²) in [6.07, 6.45) is 0. The number of rotatable bonds is 5. The molecule has 1 atom stereocenters. The highest BCUT2D eigenvalue weighted by Gasteiger charge is 2.11. The normalized spacial score (nSPS) is 12.2. The van der Waals surface area contributed by atoms with Gasteiger partial charge in [0.1, 0.15) is 5.75 Å². The molecular formula is C17H20N2O. The molecule has 0 aliphatic heterocycles. The van der Waals surface area contributed by atoms with Crippen LogP contribution in [0.1, 0.15) is 13.8 Å². The summed E-state index contributed by atoms with van der Waals surface area (Å²) >= 11 is 0. The minimum absolute atomic E-state index is 0.0292. The molecule has 1 N–H and O–H groups in total. The van der Waals surface area contributed by atoms with E-state index < -0.39 is 0 Å². The predicted molar refractivity (Wildman–Crippen MR) is 82.9 cm³/mol. The second-order valence-electron chi connectivity index (χ2n) is 5.29. The summed E-state index contributed by atoms with van der Waals surface area (Å²) in [4.78, 5) is 0. The topological polar surface area (TPSA) is 45.0 Å². The molecule has 2 aromatic rings. The van der Waals surface area contributed by atoms with Crippen LogP contribution in [0.15, 0.2) is 36.4 Å². The van der Waals surface area contributed by atoms with E-state index in [1.54, 1.807) is 7.11 Å². The highest BCUT2D eigenvalue weighted by Crippen LogP contribution is 2.24. The Morgan fingerprint density at radius 3 is 2.50 bits per heavy atom. The lowest BCUT2D eigenvalue weighted by Crippen LogP contribution is -2.17. The maximum Gasteiger partial charge on any atom is 0.119 e. The van der Waals surface area contributed by atoms with Crippen molar-refractivity contribution in [2.45, 2.75) is 13.8 Å². The van der Waals surface area contributed by atoms with Crippen LogP contribution in [-0.2, 0) is 0 Å². The molecule has 2 aromatic carbocycles. The summed E-state index contributed by atoms with van der Waals surface area (Å²) in [5, 5.41) is 14.8. The van der Waals surface area contributed by atoms with Gasteiger partial charge in [-0.05, 0) is 41.0 Å². The van der Waals surface area contributed by atoms with Crippen LogP contribution < -0.4 is 10.1 Å². The summed E-state index contributed by atoms with van der Waals surface area (Å²) in [6, 6.07) is 14.6. The Kier molecular flexibility index (Phi) is 4.47. The van der Waals surface area contributed by atoms with Crippen LogP contribution in [0.4, 0.5) is 5.69 Å². The van der Waals surface area contributed by atoms with E-state index in [-0.39, 0.29) is 5.92 Å². The van der Waals surface area contributed by atoms with Crippen molar-refractivity contribution >= 4 is 16.5 Å². The maximum absolute atomic E-state index is 9.10. The molecule has 1 unspecified atom stereocenters. The van der Waals surface area contributed by atoms with E-state index in [1.807, 2.05) is 24.3 Å². The van der Waals surface area contributed by atoms with Crippen molar-refractivity contribution in [1.82, 2.24) is 0 Å². The molecule has 2 rings (SSSR count). The zero-order valence-electron chi connectivity index (χ0n) is 12.2. The Bertz CT molecular complexity index is 628. The molecule has 0 bridgehead atoms. The van der Waals surface area contributed by atoms with E-state index in [4.69, 9.17) is 10.00 Å². The molecule has 0 radical (unpaired) electrons. The number of anilines is 1. The molecule has 0 aliphatic rings. The molecule has 3 nitrogen and oxygen atoms in total. The van der Waals surface area contributed by atoms with E-state index in [0.29, 0.717) is 12.5 Å². The fraction of sp³-hybridized carbons (Fsp3) is 0.353. The van der Waals surface area contributed by atoms with E-state index in [2.05, 4.69) is 37.4 Å². The van der Waals surface area contributed by atoms with Crippen molar-refractivity contribution in [1.29, 1.82) is 5.26 Å². The summed E-state index contributed by atoms with van der Waals surface area (Å²) in [6.45, 7) is 4.82. The smallest absolute Gasteiger partial charge is 0.119 e. The number of hydrogen-bond acceptors (Lipinski definition) is 3. The lowest BCUT2D eigenvalue weighted by atomic mass is 9.97. The van der Waals surface area contributed by atoms with Crippen LogP contribution in [0.3, 0.4) is 0 Å². The van der Waals surface area contributed by atoms with Gasteiger partial charge in [0.15, 0.2) is 0 Å². The minimum Gasteiger partial charge on any atom is -0.497 e. The number of hydrogen-bond donors (Lipinski definition) is 1. The average molecular weight is 268 g/mol. The first-order valence-corrected chi connectivity index (χ1v) is 6.85. The van der Waals surface area contributed by atoms with E-state index in [0.717, 1.165) is 22.2 Å². The Labute approximate surface area is 120 Å². The van der Waals surface area contributed by atoms with Gasteiger partial charge in [-0.2, -0.15) is 5.26 Å². The van der Waals surface area contributed by atoms with Crippen LogP contribution >= 0.6 is 0 Å². The largest absolute Gasteiger partial charge is 0.497 e. The Hall–Kier alpha value is -2.21. The first-order chi connectivity index (χ1) is 9.63. The summed E-state index contributed by atoms with van der Waals surface area (Å²) in [5.41, 5.74) is 1.04. The van der Waals surface area contributed by atoms with Crippen LogP contribution in [0, 0.1) is 23.2 Å². The number of fused-ring (bicyclic) bond motifs is 1. The molecule has 0 spiro atoms. The van der Waals surface area contributed by atoms with Gasteiger partial charge in [0, 0.05) is 12.2 Å². The molecule has 104 valence electrons. The zero-order valence-corrected chi connectivity index (χ0v) is 12.2. The Balaban J connectivity index is 2.14. The van der Waals surface area contributed by atoms with Crippen molar-refractivity contribution in [2.24, 2.45) is 11.8 Å². The fourth-order valence-electron chi connectivity index (χ4n) is 2.12. The van der Waals surface area contributed by atoms with Gasteiger partial charge in [-0.15, -0.1) is 0 Å². The minimum atomic E-state index is 0.0292. The lowest BCUT2D eigenvalue weighted by Gasteiger charge is -2.15. The molecule has 3 heteroatoms. The second-order valence-corrected chi connectivity index (χ2v) is 5.29. The Morgan fingerprint density at radius 1 is 1.15 bits per heavy atom. The molecule has 20 heavy (non-hydrogen) atoms. The van der Waals surface area contributed by atoms with E-state index in [1.165, 1.54) is 0 Å². The number of nitriles is 1. The first kappa shape index (κ1) is 14.2. The molecule has 0 aromatic heterocycles. The van der Waals surface area contributed by atoms with Crippen molar-refractivity contribution in [2.75, 3.05) is 19.0 Å². The molecular weight excluding hydrogens is 248 g/mol. The van der Waals surface area contributed by atoms with Gasteiger partial charge >= 0.3 is 0 Å². The fourth-order valence-corrected chi connectivity index (χ4v) is 2.12. The van der Waals surface area contributed by atoms with Crippen molar-refractivity contribution in [3.63, 3.8) is 0 Å². The third-order valence-electron chi connectivity index (χ3n) is 3.54. The third kappa shape index (κ3) is 3.21. The highest BCUT2D eigenvalue weighted by molar-refractivity contribution is 5.86. The second kappa shape index (κ2) is 6.29. The summed E-state index contributed by atoms with van der Waals surface area (Å²) < 4.78 is 5.22. The Morgan fingerprint density at radius 2 is 1.85 bits per heavy atom. The predicted octanol–water partition coefficient (Wildman–Crippen LogP) is 4.06. The maximum atomic E-state index is 9.10. The third-order valence-corrected chi connectivity index (χ3v) is 3.54. The average Bonchev–Trinajstić information content (AvgIpc) is 2.46.